The normalized spacial score (nSPS) is 17.6. The van der Waals surface area contributed by atoms with Gasteiger partial charge in [-0.1, -0.05) is 12.8 Å². The lowest BCUT2D eigenvalue weighted by Crippen LogP contribution is -2.33. The highest BCUT2D eigenvalue weighted by Crippen LogP contribution is 2.30. The average molecular weight is 232 g/mol. The predicted molar refractivity (Wildman–Crippen MR) is 65.3 cm³/mol. The molecule has 0 amide bonds. The maximum atomic E-state index is 10.2. The molecule has 1 aliphatic carbocycles. The fourth-order valence-electron chi connectivity index (χ4n) is 2.17. The van der Waals surface area contributed by atoms with Crippen molar-refractivity contribution in [3.63, 3.8) is 0 Å². The second-order valence-electron chi connectivity index (χ2n) is 4.52. The molecule has 0 radical (unpaired) electrons. The van der Waals surface area contributed by atoms with E-state index < -0.39 is 5.60 Å². The molecule has 1 aromatic rings. The van der Waals surface area contributed by atoms with E-state index in [0.29, 0.717) is 23.6 Å². The molecule has 1 heterocycles. The molecular formula is C12H16N4O. The first-order valence-corrected chi connectivity index (χ1v) is 5.75. The van der Waals surface area contributed by atoms with Crippen molar-refractivity contribution in [2.75, 3.05) is 17.6 Å². The van der Waals surface area contributed by atoms with Crippen molar-refractivity contribution in [1.82, 2.24) is 4.98 Å². The SMILES string of the molecule is N#Cc1ccnc(NCC2(O)CCCC2)c1N. The first-order valence-electron chi connectivity index (χ1n) is 5.75. The number of aliphatic hydroxyl groups is 1. The summed E-state index contributed by atoms with van der Waals surface area (Å²) < 4.78 is 0. The van der Waals surface area contributed by atoms with E-state index in [4.69, 9.17) is 11.0 Å². The van der Waals surface area contributed by atoms with Crippen LogP contribution in [0, 0.1) is 11.3 Å². The zero-order chi connectivity index (χ0) is 12.3. The minimum absolute atomic E-state index is 0.344. The van der Waals surface area contributed by atoms with Crippen molar-refractivity contribution in [1.29, 1.82) is 5.26 Å². The van der Waals surface area contributed by atoms with Gasteiger partial charge in [0.05, 0.1) is 16.9 Å². The van der Waals surface area contributed by atoms with E-state index >= 15 is 0 Å². The highest BCUT2D eigenvalue weighted by Gasteiger charge is 2.30. The van der Waals surface area contributed by atoms with Gasteiger partial charge in [-0.15, -0.1) is 0 Å². The van der Waals surface area contributed by atoms with Crippen LogP contribution in [0.3, 0.4) is 0 Å². The molecule has 1 fully saturated rings. The molecule has 0 aliphatic heterocycles. The summed E-state index contributed by atoms with van der Waals surface area (Å²) in [4.78, 5) is 4.08. The average Bonchev–Trinajstić information content (AvgIpc) is 2.75. The minimum atomic E-state index is -0.656. The third-order valence-corrected chi connectivity index (χ3v) is 3.23. The van der Waals surface area contributed by atoms with E-state index in [2.05, 4.69) is 10.3 Å². The van der Waals surface area contributed by atoms with Crippen LogP contribution in [-0.2, 0) is 0 Å². The number of anilines is 2. The maximum Gasteiger partial charge on any atom is 0.150 e. The highest BCUT2D eigenvalue weighted by molar-refractivity contribution is 5.68. The summed E-state index contributed by atoms with van der Waals surface area (Å²) in [5.74, 6) is 0.476. The smallest absolute Gasteiger partial charge is 0.150 e. The Labute approximate surface area is 100 Å². The van der Waals surface area contributed by atoms with E-state index in [9.17, 15) is 5.11 Å². The zero-order valence-electron chi connectivity index (χ0n) is 9.61. The standard InChI is InChI=1S/C12H16N4O/c13-7-9-3-6-15-11(10(9)14)16-8-12(17)4-1-2-5-12/h3,6,17H,1-2,4-5,8,14H2,(H,15,16). The Balaban J connectivity index is 2.07. The summed E-state index contributed by atoms with van der Waals surface area (Å²) in [6.45, 7) is 0.430. The third kappa shape index (κ3) is 2.48. The molecule has 17 heavy (non-hydrogen) atoms. The van der Waals surface area contributed by atoms with Gasteiger partial charge in [0, 0.05) is 12.7 Å². The largest absolute Gasteiger partial charge is 0.395 e. The summed E-state index contributed by atoms with van der Waals surface area (Å²) in [7, 11) is 0. The van der Waals surface area contributed by atoms with Gasteiger partial charge in [-0.25, -0.2) is 4.98 Å². The van der Waals surface area contributed by atoms with E-state index in [-0.39, 0.29) is 0 Å². The molecule has 0 saturated heterocycles. The van der Waals surface area contributed by atoms with E-state index in [0.717, 1.165) is 25.7 Å². The van der Waals surface area contributed by atoms with Crippen LogP contribution in [0.25, 0.3) is 0 Å². The first kappa shape index (κ1) is 11.7. The Morgan fingerprint density at radius 3 is 2.88 bits per heavy atom. The fourth-order valence-corrected chi connectivity index (χ4v) is 2.17. The molecule has 0 atom stereocenters. The molecule has 1 aromatic heterocycles. The van der Waals surface area contributed by atoms with Crippen LogP contribution in [0.4, 0.5) is 11.5 Å². The topological polar surface area (TPSA) is 95.0 Å². The number of hydrogen-bond donors (Lipinski definition) is 3. The number of nitriles is 1. The Morgan fingerprint density at radius 2 is 2.24 bits per heavy atom. The Bertz CT molecular complexity index is 446. The Hall–Kier alpha value is -1.80. The molecule has 0 spiro atoms. The Kier molecular flexibility index (Phi) is 3.16. The van der Waals surface area contributed by atoms with Gasteiger partial charge in [0.2, 0.25) is 0 Å². The van der Waals surface area contributed by atoms with Gasteiger partial charge in [-0.3, -0.25) is 0 Å². The highest BCUT2D eigenvalue weighted by atomic mass is 16.3. The van der Waals surface area contributed by atoms with Gasteiger partial charge < -0.3 is 16.2 Å². The van der Waals surface area contributed by atoms with Crippen molar-refractivity contribution in [2.24, 2.45) is 0 Å². The zero-order valence-corrected chi connectivity index (χ0v) is 9.61. The Morgan fingerprint density at radius 1 is 1.53 bits per heavy atom. The molecule has 1 aliphatic rings. The van der Waals surface area contributed by atoms with Crippen LogP contribution in [0.1, 0.15) is 31.2 Å². The molecule has 2 rings (SSSR count). The predicted octanol–water partition coefficient (Wildman–Crippen LogP) is 1.25. The number of rotatable bonds is 3. The van der Waals surface area contributed by atoms with Crippen LogP contribution >= 0.6 is 0 Å². The van der Waals surface area contributed by atoms with Gasteiger partial charge in [0.15, 0.2) is 5.82 Å². The number of nitrogens with zero attached hydrogens (tertiary/aromatic N) is 2. The van der Waals surface area contributed by atoms with E-state index in [1.54, 1.807) is 6.07 Å². The van der Waals surface area contributed by atoms with Crippen LogP contribution in [0.15, 0.2) is 12.3 Å². The first-order chi connectivity index (χ1) is 8.14. The van der Waals surface area contributed by atoms with Crippen molar-refractivity contribution < 1.29 is 5.11 Å². The van der Waals surface area contributed by atoms with Crippen molar-refractivity contribution in [3.8, 4) is 6.07 Å². The van der Waals surface area contributed by atoms with Crippen molar-refractivity contribution in [3.05, 3.63) is 17.8 Å². The second-order valence-corrected chi connectivity index (χ2v) is 4.52. The van der Waals surface area contributed by atoms with Gasteiger partial charge in [0.1, 0.15) is 6.07 Å². The molecule has 90 valence electrons. The molecular weight excluding hydrogens is 216 g/mol. The number of nitrogens with one attached hydrogen (secondary N) is 1. The van der Waals surface area contributed by atoms with Crippen LogP contribution in [-0.4, -0.2) is 22.2 Å². The van der Waals surface area contributed by atoms with Gasteiger partial charge >= 0.3 is 0 Å². The van der Waals surface area contributed by atoms with E-state index in [1.165, 1.54) is 6.20 Å². The lowest BCUT2D eigenvalue weighted by molar-refractivity contribution is 0.0614. The quantitative estimate of drug-likeness (QED) is 0.729. The minimum Gasteiger partial charge on any atom is -0.395 e. The van der Waals surface area contributed by atoms with Crippen LogP contribution < -0.4 is 11.1 Å². The molecule has 1 saturated carbocycles. The summed E-state index contributed by atoms with van der Waals surface area (Å²) >= 11 is 0. The van der Waals surface area contributed by atoms with Crippen LogP contribution in [0.2, 0.25) is 0 Å². The number of nitrogen functional groups attached to an aromatic ring is 1. The van der Waals surface area contributed by atoms with Crippen molar-refractivity contribution >= 4 is 11.5 Å². The second kappa shape index (κ2) is 4.60. The van der Waals surface area contributed by atoms with Crippen molar-refractivity contribution in [2.45, 2.75) is 31.3 Å². The maximum absolute atomic E-state index is 10.2. The lowest BCUT2D eigenvalue weighted by atomic mass is 10.0. The van der Waals surface area contributed by atoms with Crippen LogP contribution in [0.5, 0.6) is 0 Å². The molecule has 5 heteroatoms. The summed E-state index contributed by atoms with van der Waals surface area (Å²) in [5.41, 5.74) is 5.88. The fraction of sp³-hybridized carbons (Fsp3) is 0.500. The monoisotopic (exact) mass is 232 g/mol. The summed E-state index contributed by atoms with van der Waals surface area (Å²) in [6.07, 6.45) is 5.25. The number of aromatic nitrogens is 1. The number of pyridine rings is 1. The third-order valence-electron chi connectivity index (χ3n) is 3.23. The molecule has 4 N–H and O–H groups in total. The van der Waals surface area contributed by atoms with Gasteiger partial charge in [-0.05, 0) is 18.9 Å². The van der Waals surface area contributed by atoms with E-state index in [1.807, 2.05) is 6.07 Å². The number of nitrogens with two attached hydrogens (primary N) is 1. The van der Waals surface area contributed by atoms with Gasteiger partial charge in [0.25, 0.3) is 0 Å². The summed E-state index contributed by atoms with van der Waals surface area (Å²) in [6, 6.07) is 3.58. The molecule has 5 nitrogen and oxygen atoms in total. The molecule has 0 bridgehead atoms. The summed E-state index contributed by atoms with van der Waals surface area (Å²) in [5, 5.41) is 22.0. The van der Waals surface area contributed by atoms with Gasteiger partial charge in [-0.2, -0.15) is 5.26 Å². The molecule has 0 unspecified atom stereocenters. The number of hydrogen-bond acceptors (Lipinski definition) is 5. The molecule has 0 aromatic carbocycles. The lowest BCUT2D eigenvalue weighted by Gasteiger charge is -2.23.